The second-order valence-corrected chi connectivity index (χ2v) is 5.92. The molecule has 8 heteroatoms. The second-order valence-electron chi connectivity index (χ2n) is 5.92. The lowest BCUT2D eigenvalue weighted by Gasteiger charge is -2.13. The third-order valence-corrected chi connectivity index (χ3v) is 4.30. The van der Waals surface area contributed by atoms with Gasteiger partial charge >= 0.3 is 0 Å². The zero-order valence-electron chi connectivity index (χ0n) is 14.5. The molecule has 0 aliphatic carbocycles. The van der Waals surface area contributed by atoms with E-state index in [1.807, 2.05) is 6.92 Å². The summed E-state index contributed by atoms with van der Waals surface area (Å²) in [5, 5.41) is 9.29. The van der Waals surface area contributed by atoms with Crippen molar-refractivity contribution in [2.45, 2.75) is 13.3 Å². The van der Waals surface area contributed by atoms with Gasteiger partial charge in [-0.25, -0.2) is 26.9 Å². The first-order chi connectivity index (χ1) is 13.3. The van der Waals surface area contributed by atoms with Crippen LogP contribution in [0.1, 0.15) is 18.1 Å². The zero-order chi connectivity index (χ0) is 20.6. The summed E-state index contributed by atoms with van der Waals surface area (Å²) in [6.07, 6.45) is 0.777. The Morgan fingerprint density at radius 2 is 1.46 bits per heavy atom. The third kappa shape index (κ3) is 3.05. The van der Waals surface area contributed by atoms with Crippen molar-refractivity contribution in [2.24, 2.45) is 0 Å². The highest BCUT2D eigenvalue weighted by atomic mass is 19.2. The Hall–Kier alpha value is -3.47. The van der Waals surface area contributed by atoms with Crippen molar-refractivity contribution in [1.82, 2.24) is 4.98 Å². The van der Waals surface area contributed by atoms with Crippen LogP contribution in [-0.2, 0) is 6.42 Å². The first kappa shape index (κ1) is 19.3. The quantitative estimate of drug-likeness (QED) is 0.384. The van der Waals surface area contributed by atoms with Crippen molar-refractivity contribution >= 4 is 5.82 Å². The van der Waals surface area contributed by atoms with Crippen LogP contribution in [0.5, 0.6) is 0 Å². The number of benzene rings is 2. The number of nitrogens with two attached hydrogens (primary N) is 1. The van der Waals surface area contributed by atoms with Crippen molar-refractivity contribution in [3.63, 3.8) is 0 Å². The molecule has 0 amide bonds. The normalized spacial score (nSPS) is 10.8. The molecule has 0 spiro atoms. The maximum absolute atomic E-state index is 14.3. The average Bonchev–Trinajstić information content (AvgIpc) is 2.70. The number of aromatic nitrogens is 1. The number of pyridine rings is 1. The molecule has 0 bridgehead atoms. The number of aryl methyl sites for hydroxylation is 1. The maximum atomic E-state index is 14.3. The van der Waals surface area contributed by atoms with Crippen LogP contribution in [0.25, 0.3) is 22.4 Å². The molecular formula is C20H12F5N3. The molecule has 3 nitrogen and oxygen atoms in total. The standard InChI is InChI=1S/C20H12F5N3/c1-2-9-3-5-10(6-4-9)13-7-11(12(8-26)20(27)28-13)14-15(21)17(23)19(25)18(24)16(14)22/h3-7H,2H2,1H3,(H2,27,28). The van der Waals surface area contributed by atoms with Crippen molar-refractivity contribution in [1.29, 1.82) is 5.26 Å². The summed E-state index contributed by atoms with van der Waals surface area (Å²) < 4.78 is 69.2. The van der Waals surface area contributed by atoms with Crippen molar-refractivity contribution in [2.75, 3.05) is 5.73 Å². The Morgan fingerprint density at radius 1 is 0.929 bits per heavy atom. The summed E-state index contributed by atoms with van der Waals surface area (Å²) in [6.45, 7) is 1.95. The monoisotopic (exact) mass is 389 g/mol. The molecule has 3 rings (SSSR count). The van der Waals surface area contributed by atoms with Gasteiger partial charge in [0.2, 0.25) is 5.82 Å². The number of nitriles is 1. The molecule has 0 saturated heterocycles. The van der Waals surface area contributed by atoms with Crippen LogP contribution in [0.3, 0.4) is 0 Å². The van der Waals surface area contributed by atoms with E-state index < -0.39 is 51.6 Å². The molecule has 0 unspecified atom stereocenters. The number of rotatable bonds is 3. The van der Waals surface area contributed by atoms with Crippen molar-refractivity contribution < 1.29 is 22.0 Å². The van der Waals surface area contributed by atoms with Gasteiger partial charge in [0, 0.05) is 11.1 Å². The van der Waals surface area contributed by atoms with Crippen LogP contribution < -0.4 is 5.73 Å². The van der Waals surface area contributed by atoms with Gasteiger partial charge in [0.05, 0.1) is 11.3 Å². The zero-order valence-corrected chi connectivity index (χ0v) is 14.5. The molecule has 28 heavy (non-hydrogen) atoms. The highest BCUT2D eigenvalue weighted by Crippen LogP contribution is 2.37. The summed E-state index contributed by atoms with van der Waals surface area (Å²) in [6, 6.07) is 9.63. The lowest BCUT2D eigenvalue weighted by molar-refractivity contribution is 0.381. The van der Waals surface area contributed by atoms with Crippen LogP contribution in [0, 0.1) is 40.4 Å². The molecule has 142 valence electrons. The van der Waals surface area contributed by atoms with Gasteiger partial charge in [0.25, 0.3) is 0 Å². The summed E-state index contributed by atoms with van der Waals surface area (Å²) in [5.74, 6) is -11.0. The number of hydrogen-bond donors (Lipinski definition) is 1. The van der Waals surface area contributed by atoms with E-state index in [0.29, 0.717) is 5.56 Å². The number of anilines is 1. The fourth-order valence-electron chi connectivity index (χ4n) is 2.78. The summed E-state index contributed by atoms with van der Waals surface area (Å²) in [5.41, 5.74) is 5.12. The van der Waals surface area contributed by atoms with Gasteiger partial charge in [-0.3, -0.25) is 0 Å². The summed E-state index contributed by atoms with van der Waals surface area (Å²) in [4.78, 5) is 4.03. The SMILES string of the molecule is CCc1ccc(-c2cc(-c3c(F)c(F)c(F)c(F)c3F)c(C#N)c(N)n2)cc1. The van der Waals surface area contributed by atoms with E-state index in [4.69, 9.17) is 5.73 Å². The van der Waals surface area contributed by atoms with E-state index in [2.05, 4.69) is 4.98 Å². The molecule has 0 atom stereocenters. The molecule has 0 aliphatic heterocycles. The average molecular weight is 389 g/mol. The Balaban J connectivity index is 2.33. The number of halogens is 5. The Bertz CT molecular complexity index is 1090. The minimum Gasteiger partial charge on any atom is -0.383 e. The van der Waals surface area contributed by atoms with Gasteiger partial charge in [0.15, 0.2) is 23.3 Å². The lowest BCUT2D eigenvalue weighted by atomic mass is 9.96. The molecule has 0 aliphatic rings. The number of nitrogens with zero attached hydrogens (tertiary/aromatic N) is 2. The molecule has 0 saturated carbocycles. The fourth-order valence-corrected chi connectivity index (χ4v) is 2.78. The lowest BCUT2D eigenvalue weighted by Crippen LogP contribution is -2.07. The van der Waals surface area contributed by atoms with E-state index in [9.17, 15) is 27.2 Å². The first-order valence-electron chi connectivity index (χ1n) is 8.11. The fraction of sp³-hybridized carbons (Fsp3) is 0.100. The minimum absolute atomic E-state index is 0.123. The van der Waals surface area contributed by atoms with Crippen LogP contribution in [0.2, 0.25) is 0 Å². The summed E-state index contributed by atoms with van der Waals surface area (Å²) >= 11 is 0. The molecule has 2 N–H and O–H groups in total. The molecule has 1 aromatic heterocycles. The highest BCUT2D eigenvalue weighted by molar-refractivity contribution is 5.80. The molecular weight excluding hydrogens is 377 g/mol. The van der Waals surface area contributed by atoms with Crippen LogP contribution in [0.15, 0.2) is 30.3 Å². The Kier molecular flexibility index (Phi) is 5.01. The molecule has 3 aromatic rings. The second kappa shape index (κ2) is 7.27. The third-order valence-electron chi connectivity index (χ3n) is 4.30. The van der Waals surface area contributed by atoms with Gasteiger partial charge in [-0.15, -0.1) is 0 Å². The first-order valence-corrected chi connectivity index (χ1v) is 8.11. The molecule has 1 heterocycles. The van der Waals surface area contributed by atoms with Gasteiger partial charge in [-0.05, 0) is 18.1 Å². The van der Waals surface area contributed by atoms with E-state index in [-0.39, 0.29) is 5.69 Å². The van der Waals surface area contributed by atoms with Gasteiger partial charge in [0.1, 0.15) is 17.5 Å². The van der Waals surface area contributed by atoms with Crippen LogP contribution in [-0.4, -0.2) is 4.98 Å². The molecule has 2 aromatic carbocycles. The smallest absolute Gasteiger partial charge is 0.200 e. The minimum atomic E-state index is -2.28. The topological polar surface area (TPSA) is 62.7 Å². The van der Waals surface area contributed by atoms with Crippen LogP contribution >= 0.6 is 0 Å². The van der Waals surface area contributed by atoms with Crippen molar-refractivity contribution in [3.05, 3.63) is 70.5 Å². The summed E-state index contributed by atoms with van der Waals surface area (Å²) in [7, 11) is 0. The van der Waals surface area contributed by atoms with E-state index >= 15 is 0 Å². The predicted molar refractivity (Wildman–Crippen MR) is 93.4 cm³/mol. The van der Waals surface area contributed by atoms with Crippen molar-refractivity contribution in [3.8, 4) is 28.5 Å². The number of nitrogen functional groups attached to an aromatic ring is 1. The maximum Gasteiger partial charge on any atom is 0.200 e. The predicted octanol–water partition coefficient (Wildman–Crippen LogP) is 5.13. The van der Waals surface area contributed by atoms with Gasteiger partial charge < -0.3 is 5.73 Å². The highest BCUT2D eigenvalue weighted by Gasteiger charge is 2.29. The molecule has 0 radical (unpaired) electrons. The van der Waals surface area contributed by atoms with E-state index in [1.165, 1.54) is 0 Å². The molecule has 0 fully saturated rings. The largest absolute Gasteiger partial charge is 0.383 e. The Morgan fingerprint density at radius 3 is 1.96 bits per heavy atom. The number of hydrogen-bond acceptors (Lipinski definition) is 3. The van der Waals surface area contributed by atoms with E-state index in [1.54, 1.807) is 30.3 Å². The van der Waals surface area contributed by atoms with Gasteiger partial charge in [-0.1, -0.05) is 31.2 Å². The van der Waals surface area contributed by atoms with Crippen LogP contribution in [0.4, 0.5) is 27.8 Å². The van der Waals surface area contributed by atoms with Gasteiger partial charge in [-0.2, -0.15) is 5.26 Å². The Labute approximate surface area is 156 Å². The van der Waals surface area contributed by atoms with E-state index in [0.717, 1.165) is 18.1 Å².